The van der Waals surface area contributed by atoms with E-state index >= 15 is 0 Å². The van der Waals surface area contributed by atoms with E-state index in [0.29, 0.717) is 18.7 Å². The number of hydrogen-bond acceptors (Lipinski definition) is 3. The Morgan fingerprint density at radius 1 is 1.35 bits per heavy atom. The summed E-state index contributed by atoms with van der Waals surface area (Å²) < 4.78 is 5.79. The number of amides is 1. The number of nitrogens with zero attached hydrogens (tertiary/aromatic N) is 2. The van der Waals surface area contributed by atoms with Crippen LogP contribution in [-0.4, -0.2) is 30.0 Å². The Labute approximate surface area is 118 Å². The van der Waals surface area contributed by atoms with E-state index in [4.69, 9.17) is 10.00 Å². The maximum atomic E-state index is 12.2. The molecule has 0 N–H and O–H groups in total. The average Bonchev–Trinajstić information content (AvgIpc) is 2.39. The van der Waals surface area contributed by atoms with Crippen LogP contribution in [0.25, 0.3) is 0 Å². The molecule has 1 aromatic carbocycles. The Hall–Kier alpha value is -2.02. The van der Waals surface area contributed by atoms with E-state index in [2.05, 4.69) is 13.0 Å². The van der Waals surface area contributed by atoms with Gasteiger partial charge in [0, 0.05) is 5.41 Å². The largest absolute Gasteiger partial charge is 0.487 e. The van der Waals surface area contributed by atoms with Crippen molar-refractivity contribution >= 4 is 5.91 Å². The van der Waals surface area contributed by atoms with Gasteiger partial charge in [-0.2, -0.15) is 5.26 Å². The van der Waals surface area contributed by atoms with Crippen LogP contribution in [0.1, 0.15) is 31.7 Å². The van der Waals surface area contributed by atoms with Crippen molar-refractivity contribution in [3.8, 4) is 11.8 Å². The highest BCUT2D eigenvalue weighted by molar-refractivity contribution is 5.84. The third-order valence-corrected chi connectivity index (χ3v) is 4.39. The van der Waals surface area contributed by atoms with E-state index < -0.39 is 0 Å². The predicted molar refractivity (Wildman–Crippen MR) is 74.1 cm³/mol. The lowest BCUT2D eigenvalue weighted by Gasteiger charge is -2.46. The summed E-state index contributed by atoms with van der Waals surface area (Å²) in [5, 5.41) is 8.73. The number of rotatable bonds is 3. The first kappa shape index (κ1) is 13.0. The number of carbonyl (C=O) groups is 1. The van der Waals surface area contributed by atoms with Crippen molar-refractivity contribution in [1.29, 1.82) is 5.26 Å². The standard InChI is InChI=1S/C16H18N2O2/c1-16(7-2-8-16)15(19)18-10-14(11-18)20-13-5-3-12(9-17)4-6-13/h3-6,14H,2,7-8,10-11H2,1H3. The molecule has 4 nitrogen and oxygen atoms in total. The molecule has 0 bridgehead atoms. The Morgan fingerprint density at radius 2 is 2.00 bits per heavy atom. The smallest absolute Gasteiger partial charge is 0.228 e. The molecule has 104 valence electrons. The van der Waals surface area contributed by atoms with Crippen LogP contribution in [0.2, 0.25) is 0 Å². The van der Waals surface area contributed by atoms with Gasteiger partial charge >= 0.3 is 0 Å². The van der Waals surface area contributed by atoms with Gasteiger partial charge in [-0.25, -0.2) is 0 Å². The molecule has 20 heavy (non-hydrogen) atoms. The van der Waals surface area contributed by atoms with Gasteiger partial charge in [-0.05, 0) is 37.1 Å². The Morgan fingerprint density at radius 3 is 2.50 bits per heavy atom. The summed E-state index contributed by atoms with van der Waals surface area (Å²) >= 11 is 0. The monoisotopic (exact) mass is 270 g/mol. The van der Waals surface area contributed by atoms with Crippen LogP contribution in [0.4, 0.5) is 0 Å². The van der Waals surface area contributed by atoms with Gasteiger partial charge in [0.05, 0.1) is 24.7 Å². The lowest BCUT2D eigenvalue weighted by Crippen LogP contribution is -2.60. The maximum absolute atomic E-state index is 12.2. The summed E-state index contributed by atoms with van der Waals surface area (Å²) in [7, 11) is 0. The van der Waals surface area contributed by atoms with Gasteiger partial charge in [-0.1, -0.05) is 13.3 Å². The second-order valence-corrected chi connectivity index (χ2v) is 6.00. The number of ether oxygens (including phenoxy) is 1. The van der Waals surface area contributed by atoms with Crippen molar-refractivity contribution in [3.05, 3.63) is 29.8 Å². The molecule has 0 radical (unpaired) electrons. The zero-order valence-corrected chi connectivity index (χ0v) is 11.6. The minimum absolute atomic E-state index is 0.0792. The highest BCUT2D eigenvalue weighted by atomic mass is 16.5. The van der Waals surface area contributed by atoms with E-state index in [9.17, 15) is 4.79 Å². The summed E-state index contributed by atoms with van der Waals surface area (Å²) in [6.07, 6.45) is 3.28. The molecule has 0 spiro atoms. The molecule has 1 saturated carbocycles. The van der Waals surface area contributed by atoms with Crippen molar-refractivity contribution < 1.29 is 9.53 Å². The van der Waals surface area contributed by atoms with Crippen LogP contribution in [0.15, 0.2) is 24.3 Å². The van der Waals surface area contributed by atoms with Crippen LogP contribution < -0.4 is 4.74 Å². The van der Waals surface area contributed by atoms with E-state index in [1.165, 1.54) is 6.42 Å². The van der Waals surface area contributed by atoms with E-state index in [-0.39, 0.29) is 17.4 Å². The summed E-state index contributed by atoms with van der Waals surface area (Å²) in [5.41, 5.74) is 0.514. The van der Waals surface area contributed by atoms with Gasteiger partial charge in [0.1, 0.15) is 11.9 Å². The average molecular weight is 270 g/mol. The number of benzene rings is 1. The summed E-state index contributed by atoms with van der Waals surface area (Å²) in [4.78, 5) is 14.1. The van der Waals surface area contributed by atoms with Crippen LogP contribution in [0, 0.1) is 16.7 Å². The number of carbonyl (C=O) groups excluding carboxylic acids is 1. The quantitative estimate of drug-likeness (QED) is 0.847. The number of nitriles is 1. The van der Waals surface area contributed by atoms with Crippen molar-refractivity contribution in [2.45, 2.75) is 32.3 Å². The van der Waals surface area contributed by atoms with Gasteiger partial charge < -0.3 is 9.64 Å². The molecule has 0 atom stereocenters. The van der Waals surface area contributed by atoms with Crippen LogP contribution >= 0.6 is 0 Å². The molecular weight excluding hydrogens is 252 g/mol. The molecule has 2 fully saturated rings. The molecule has 1 aromatic rings. The zero-order valence-electron chi connectivity index (χ0n) is 11.6. The first-order chi connectivity index (χ1) is 9.60. The predicted octanol–water partition coefficient (Wildman–Crippen LogP) is 2.34. The van der Waals surface area contributed by atoms with Crippen molar-refractivity contribution in [1.82, 2.24) is 4.90 Å². The molecule has 1 amide bonds. The molecule has 1 aliphatic carbocycles. The molecule has 1 heterocycles. The molecule has 4 heteroatoms. The third-order valence-electron chi connectivity index (χ3n) is 4.39. The van der Waals surface area contributed by atoms with Crippen LogP contribution in [0.5, 0.6) is 5.75 Å². The molecule has 0 unspecified atom stereocenters. The van der Waals surface area contributed by atoms with Gasteiger partial charge in [0.15, 0.2) is 0 Å². The third kappa shape index (κ3) is 2.24. The van der Waals surface area contributed by atoms with Gasteiger partial charge in [0.25, 0.3) is 0 Å². The minimum atomic E-state index is -0.112. The van der Waals surface area contributed by atoms with E-state index in [0.717, 1.165) is 18.6 Å². The number of hydrogen-bond donors (Lipinski definition) is 0. The summed E-state index contributed by atoms with van der Waals surface area (Å²) in [6, 6.07) is 9.17. The lowest BCUT2D eigenvalue weighted by molar-refractivity contribution is -0.155. The van der Waals surface area contributed by atoms with Crippen molar-refractivity contribution in [2.24, 2.45) is 5.41 Å². The Bertz CT molecular complexity index is 549. The SMILES string of the molecule is CC1(C(=O)N2CC(Oc3ccc(C#N)cc3)C2)CCC1. The fourth-order valence-corrected chi connectivity index (χ4v) is 2.78. The fourth-order valence-electron chi connectivity index (χ4n) is 2.78. The molecule has 1 aliphatic heterocycles. The first-order valence-electron chi connectivity index (χ1n) is 7.07. The topological polar surface area (TPSA) is 53.3 Å². The van der Waals surface area contributed by atoms with E-state index in [1.54, 1.807) is 24.3 Å². The molecule has 2 aliphatic rings. The van der Waals surface area contributed by atoms with Crippen molar-refractivity contribution in [2.75, 3.05) is 13.1 Å². The van der Waals surface area contributed by atoms with Crippen LogP contribution in [-0.2, 0) is 4.79 Å². The minimum Gasteiger partial charge on any atom is -0.487 e. The zero-order chi connectivity index (χ0) is 14.2. The lowest BCUT2D eigenvalue weighted by atomic mass is 9.69. The second-order valence-electron chi connectivity index (χ2n) is 6.00. The maximum Gasteiger partial charge on any atom is 0.228 e. The highest BCUT2D eigenvalue weighted by Gasteiger charge is 2.45. The summed E-state index contributed by atoms with van der Waals surface area (Å²) in [5.74, 6) is 1.04. The summed E-state index contributed by atoms with van der Waals surface area (Å²) in [6.45, 7) is 3.41. The fraction of sp³-hybridized carbons (Fsp3) is 0.500. The van der Waals surface area contributed by atoms with Gasteiger partial charge in [0.2, 0.25) is 5.91 Å². The Kier molecular flexibility index (Phi) is 3.13. The molecular formula is C16H18N2O2. The van der Waals surface area contributed by atoms with Crippen LogP contribution in [0.3, 0.4) is 0 Å². The second kappa shape index (κ2) is 4.82. The molecule has 1 saturated heterocycles. The first-order valence-corrected chi connectivity index (χ1v) is 7.07. The normalized spacial score (nSPS) is 20.5. The molecule has 0 aromatic heterocycles. The highest BCUT2D eigenvalue weighted by Crippen LogP contribution is 2.42. The van der Waals surface area contributed by atoms with Gasteiger partial charge in [-0.15, -0.1) is 0 Å². The van der Waals surface area contributed by atoms with E-state index in [1.807, 2.05) is 4.90 Å². The Balaban J connectivity index is 1.50. The molecule has 3 rings (SSSR count). The van der Waals surface area contributed by atoms with Crippen molar-refractivity contribution in [3.63, 3.8) is 0 Å². The van der Waals surface area contributed by atoms with Gasteiger partial charge in [-0.3, -0.25) is 4.79 Å². The number of likely N-dealkylation sites (tertiary alicyclic amines) is 1.